The molecule has 0 saturated carbocycles. The van der Waals surface area contributed by atoms with Crippen LogP contribution in [0.2, 0.25) is 0 Å². The summed E-state index contributed by atoms with van der Waals surface area (Å²) in [6.45, 7) is 0. The van der Waals surface area contributed by atoms with Crippen LogP contribution in [-0.4, -0.2) is 9.67 Å². The molecule has 0 radical (unpaired) electrons. The maximum atomic E-state index is 13.2. The van der Waals surface area contributed by atoms with Crippen LogP contribution in [0.5, 0.6) is 0 Å². The van der Waals surface area contributed by atoms with E-state index in [2.05, 4.69) is 0 Å². The summed E-state index contributed by atoms with van der Waals surface area (Å²) in [7, 11) is 0. The topological polar surface area (TPSA) is 25.2 Å². The van der Waals surface area contributed by atoms with Gasteiger partial charge in [-0.15, -0.1) is 0 Å². The van der Waals surface area contributed by atoms with Crippen LogP contribution < -0.4 is 0 Å². The van der Waals surface area contributed by atoms with Crippen LogP contribution in [0.1, 0.15) is 22.8 Å². The smallest absolute Gasteiger partial charge is 0.384 e. The molecule has 124 valence electrons. The molecule has 0 bridgehead atoms. The van der Waals surface area contributed by atoms with Crippen molar-refractivity contribution in [3.63, 3.8) is 0 Å². The Balaban J connectivity index is 1.96. The average Bonchev–Trinajstić information content (AvgIpc) is 3.08. The Bertz CT molecular complexity index is 823. The summed E-state index contributed by atoms with van der Waals surface area (Å²) in [6, 6.07) is 12.4. The van der Waals surface area contributed by atoms with Gasteiger partial charge in [0.2, 0.25) is 0 Å². The number of halogens is 4. The van der Waals surface area contributed by atoms with Gasteiger partial charge in [0.15, 0.2) is 0 Å². The highest BCUT2D eigenvalue weighted by Crippen LogP contribution is 2.37. The number of rotatable bonds is 3. The van der Waals surface area contributed by atoms with E-state index in [9.17, 15) is 22.7 Å². The zero-order valence-electron chi connectivity index (χ0n) is 12.3. The van der Waals surface area contributed by atoms with E-state index in [-0.39, 0.29) is 5.56 Å². The van der Waals surface area contributed by atoms with Crippen molar-refractivity contribution in [2.24, 2.45) is 0 Å². The van der Waals surface area contributed by atoms with Crippen LogP contribution in [-0.2, 0) is 6.18 Å². The Morgan fingerprint density at radius 3 is 2.12 bits per heavy atom. The molecular weight excluding hydrogens is 322 g/mol. The molecule has 0 aliphatic rings. The molecule has 0 fully saturated rings. The Morgan fingerprint density at radius 2 is 1.54 bits per heavy atom. The maximum Gasteiger partial charge on any atom is 0.416 e. The van der Waals surface area contributed by atoms with Crippen LogP contribution in [0.4, 0.5) is 17.6 Å². The van der Waals surface area contributed by atoms with E-state index in [0.717, 1.165) is 17.8 Å². The second-order valence-corrected chi connectivity index (χ2v) is 5.31. The SMILES string of the molecule is OC(c1ccc(-n2cccc2)cc1)c1ccc(F)cc1C(F)(F)F. The molecular formula is C18H13F4NO. The number of aliphatic hydroxyl groups is 1. The molecule has 1 unspecified atom stereocenters. The molecule has 1 aromatic heterocycles. The van der Waals surface area contributed by atoms with Crippen molar-refractivity contribution in [2.45, 2.75) is 12.3 Å². The highest BCUT2D eigenvalue weighted by molar-refractivity contribution is 5.41. The lowest BCUT2D eigenvalue weighted by Gasteiger charge is -2.18. The first-order valence-electron chi connectivity index (χ1n) is 7.14. The molecule has 0 aliphatic heterocycles. The highest BCUT2D eigenvalue weighted by atomic mass is 19.4. The second kappa shape index (κ2) is 6.13. The van der Waals surface area contributed by atoms with Crippen LogP contribution in [0.3, 0.4) is 0 Å². The van der Waals surface area contributed by atoms with Gasteiger partial charge in [-0.25, -0.2) is 4.39 Å². The molecule has 2 nitrogen and oxygen atoms in total. The Morgan fingerprint density at radius 1 is 0.917 bits per heavy atom. The van der Waals surface area contributed by atoms with Gasteiger partial charge in [0.25, 0.3) is 0 Å². The third-order valence-electron chi connectivity index (χ3n) is 3.73. The Hall–Kier alpha value is -2.60. The fourth-order valence-electron chi connectivity index (χ4n) is 2.53. The van der Waals surface area contributed by atoms with E-state index in [1.54, 1.807) is 24.3 Å². The van der Waals surface area contributed by atoms with Crippen LogP contribution in [0, 0.1) is 5.82 Å². The molecule has 24 heavy (non-hydrogen) atoms. The third kappa shape index (κ3) is 3.19. The molecule has 1 heterocycles. The number of hydrogen-bond donors (Lipinski definition) is 1. The molecule has 3 aromatic rings. The first-order valence-corrected chi connectivity index (χ1v) is 7.14. The lowest BCUT2D eigenvalue weighted by atomic mass is 9.96. The Kier molecular flexibility index (Phi) is 4.15. The molecule has 0 saturated heterocycles. The molecule has 0 spiro atoms. The fraction of sp³-hybridized carbons (Fsp3) is 0.111. The van der Waals surface area contributed by atoms with E-state index in [4.69, 9.17) is 0 Å². The lowest BCUT2D eigenvalue weighted by Crippen LogP contribution is -2.13. The van der Waals surface area contributed by atoms with Gasteiger partial charge in [0, 0.05) is 18.1 Å². The van der Waals surface area contributed by atoms with E-state index in [1.807, 2.05) is 29.1 Å². The predicted octanol–water partition coefficient (Wildman–Crippen LogP) is 4.72. The third-order valence-corrected chi connectivity index (χ3v) is 3.73. The molecule has 3 rings (SSSR count). The summed E-state index contributed by atoms with van der Waals surface area (Å²) in [4.78, 5) is 0. The zero-order chi connectivity index (χ0) is 17.3. The van der Waals surface area contributed by atoms with E-state index in [0.29, 0.717) is 11.6 Å². The molecule has 2 aromatic carbocycles. The van der Waals surface area contributed by atoms with Gasteiger partial charge in [0.05, 0.1) is 5.56 Å². The van der Waals surface area contributed by atoms with Crippen molar-refractivity contribution in [3.8, 4) is 5.69 Å². The number of alkyl halides is 3. The summed E-state index contributed by atoms with van der Waals surface area (Å²) in [6.07, 6.45) is -2.59. The molecule has 1 atom stereocenters. The van der Waals surface area contributed by atoms with Gasteiger partial charge in [-0.3, -0.25) is 0 Å². The number of aromatic nitrogens is 1. The number of hydrogen-bond acceptors (Lipinski definition) is 1. The van der Waals surface area contributed by atoms with Crippen LogP contribution in [0.25, 0.3) is 5.69 Å². The summed E-state index contributed by atoms with van der Waals surface area (Å²) in [5.41, 5.74) is -0.448. The number of benzene rings is 2. The Labute approximate surface area is 135 Å². The van der Waals surface area contributed by atoms with Crippen molar-refractivity contribution >= 4 is 0 Å². The quantitative estimate of drug-likeness (QED) is 0.689. The van der Waals surface area contributed by atoms with Crippen molar-refractivity contribution in [3.05, 3.63) is 89.5 Å². The zero-order valence-corrected chi connectivity index (χ0v) is 12.3. The molecule has 1 N–H and O–H groups in total. The van der Waals surface area contributed by atoms with Gasteiger partial charge in [-0.1, -0.05) is 18.2 Å². The lowest BCUT2D eigenvalue weighted by molar-refractivity contribution is -0.139. The standard InChI is InChI=1S/C18H13F4NO/c19-13-5-8-15(16(11-13)18(20,21)22)17(24)12-3-6-14(7-4-12)23-9-1-2-10-23/h1-11,17,24H. The summed E-state index contributed by atoms with van der Waals surface area (Å²) in [5, 5.41) is 10.3. The van der Waals surface area contributed by atoms with Gasteiger partial charge < -0.3 is 9.67 Å². The van der Waals surface area contributed by atoms with Gasteiger partial charge >= 0.3 is 6.18 Å². The normalized spacial score (nSPS) is 13.0. The highest BCUT2D eigenvalue weighted by Gasteiger charge is 2.35. The molecule has 0 amide bonds. The average molecular weight is 335 g/mol. The van der Waals surface area contributed by atoms with Crippen molar-refractivity contribution in [2.75, 3.05) is 0 Å². The minimum Gasteiger partial charge on any atom is -0.384 e. The summed E-state index contributed by atoms with van der Waals surface area (Å²) >= 11 is 0. The van der Waals surface area contributed by atoms with Crippen LogP contribution >= 0.6 is 0 Å². The van der Waals surface area contributed by atoms with Gasteiger partial charge in [0.1, 0.15) is 11.9 Å². The van der Waals surface area contributed by atoms with E-state index >= 15 is 0 Å². The molecule has 6 heteroatoms. The maximum absolute atomic E-state index is 13.2. The van der Waals surface area contributed by atoms with Crippen molar-refractivity contribution in [1.82, 2.24) is 4.57 Å². The monoisotopic (exact) mass is 335 g/mol. The van der Waals surface area contributed by atoms with Crippen LogP contribution in [0.15, 0.2) is 67.0 Å². The number of aliphatic hydroxyl groups excluding tert-OH is 1. The number of nitrogens with zero attached hydrogens (tertiary/aromatic N) is 1. The van der Waals surface area contributed by atoms with Crippen molar-refractivity contribution < 1.29 is 22.7 Å². The summed E-state index contributed by atoms with van der Waals surface area (Å²) in [5.74, 6) is -0.999. The minimum atomic E-state index is -4.75. The first kappa shape index (κ1) is 16.3. The predicted molar refractivity (Wildman–Crippen MR) is 81.2 cm³/mol. The van der Waals surface area contributed by atoms with Crippen molar-refractivity contribution in [1.29, 1.82) is 0 Å². The fourth-order valence-corrected chi connectivity index (χ4v) is 2.53. The van der Waals surface area contributed by atoms with Gasteiger partial charge in [-0.2, -0.15) is 13.2 Å². The van der Waals surface area contributed by atoms with Gasteiger partial charge in [-0.05, 0) is 47.5 Å². The summed E-state index contributed by atoms with van der Waals surface area (Å²) < 4.78 is 54.2. The largest absolute Gasteiger partial charge is 0.416 e. The second-order valence-electron chi connectivity index (χ2n) is 5.31. The minimum absolute atomic E-state index is 0.294. The van der Waals surface area contributed by atoms with E-state index < -0.39 is 23.7 Å². The van der Waals surface area contributed by atoms with E-state index in [1.165, 1.54) is 0 Å². The first-order chi connectivity index (χ1) is 11.4. The molecule has 0 aliphatic carbocycles.